The lowest BCUT2D eigenvalue weighted by Crippen LogP contribution is -2.20. The van der Waals surface area contributed by atoms with Gasteiger partial charge in [0.05, 0.1) is 5.92 Å². The molecule has 0 fully saturated rings. The van der Waals surface area contributed by atoms with Gasteiger partial charge in [-0.15, -0.1) is 5.10 Å². The molecule has 7 nitrogen and oxygen atoms in total. The topological polar surface area (TPSA) is 125 Å². The number of carboxylic acids is 2. The van der Waals surface area contributed by atoms with Gasteiger partial charge in [-0.2, -0.15) is 5.10 Å². The number of carbonyl (C=O) groups is 2. The molecule has 0 aromatic rings. The van der Waals surface area contributed by atoms with E-state index in [1.54, 1.807) is 6.21 Å². The van der Waals surface area contributed by atoms with Crippen LogP contribution in [0.3, 0.4) is 0 Å². The SMILES string of the molecule is CCC1C=NN=C1N.O=C(O)C(=O)O. The van der Waals surface area contributed by atoms with Crippen LogP contribution >= 0.6 is 0 Å². The molecule has 0 radical (unpaired) electrons. The standard InChI is InChI=1S/C5H9N3.C2H2O4/c1-2-4-3-7-8-5(4)6;3-1(4)2(5)6/h3-4H,2H2,1H3,(H2,6,8);(H,3,4)(H,5,6). The van der Waals surface area contributed by atoms with E-state index in [1.807, 2.05) is 0 Å². The van der Waals surface area contributed by atoms with Crippen LogP contribution < -0.4 is 5.73 Å². The van der Waals surface area contributed by atoms with Gasteiger partial charge in [0.15, 0.2) is 0 Å². The normalized spacial score (nSPS) is 18.1. The second-order valence-electron chi connectivity index (χ2n) is 2.41. The second kappa shape index (κ2) is 5.68. The van der Waals surface area contributed by atoms with Crippen molar-refractivity contribution in [2.45, 2.75) is 13.3 Å². The van der Waals surface area contributed by atoms with Gasteiger partial charge in [-0.1, -0.05) is 6.92 Å². The smallest absolute Gasteiger partial charge is 0.414 e. The van der Waals surface area contributed by atoms with E-state index in [0.717, 1.165) is 6.42 Å². The first-order chi connectivity index (χ1) is 6.49. The molecule has 0 amide bonds. The molecule has 0 bridgehead atoms. The second-order valence-corrected chi connectivity index (χ2v) is 2.41. The van der Waals surface area contributed by atoms with Crippen LogP contribution in [0, 0.1) is 5.92 Å². The van der Waals surface area contributed by atoms with Gasteiger partial charge in [0, 0.05) is 6.21 Å². The summed E-state index contributed by atoms with van der Waals surface area (Å²) in [6.07, 6.45) is 2.77. The Bertz CT molecular complexity index is 273. The van der Waals surface area contributed by atoms with Gasteiger partial charge in [0.25, 0.3) is 0 Å². The Labute approximate surface area is 79.9 Å². The van der Waals surface area contributed by atoms with Crippen molar-refractivity contribution in [2.75, 3.05) is 0 Å². The van der Waals surface area contributed by atoms with E-state index >= 15 is 0 Å². The summed E-state index contributed by atoms with van der Waals surface area (Å²) in [6.45, 7) is 2.06. The molecule has 1 aliphatic heterocycles. The van der Waals surface area contributed by atoms with Crippen molar-refractivity contribution in [1.29, 1.82) is 0 Å². The lowest BCUT2D eigenvalue weighted by atomic mass is 10.1. The molecule has 78 valence electrons. The lowest BCUT2D eigenvalue weighted by molar-refractivity contribution is -0.159. The molecular weight excluding hydrogens is 190 g/mol. The lowest BCUT2D eigenvalue weighted by Gasteiger charge is -1.98. The fourth-order valence-corrected chi connectivity index (χ4v) is 0.646. The van der Waals surface area contributed by atoms with E-state index in [2.05, 4.69) is 17.1 Å². The van der Waals surface area contributed by atoms with Crippen LogP contribution in [-0.4, -0.2) is 34.2 Å². The Morgan fingerprint density at radius 1 is 1.50 bits per heavy atom. The molecule has 14 heavy (non-hydrogen) atoms. The molecule has 1 rings (SSSR count). The van der Waals surface area contributed by atoms with Gasteiger partial charge in [0.2, 0.25) is 0 Å². The zero-order valence-electron chi connectivity index (χ0n) is 7.54. The first-order valence-electron chi connectivity index (χ1n) is 3.81. The summed E-state index contributed by atoms with van der Waals surface area (Å²) in [7, 11) is 0. The van der Waals surface area contributed by atoms with Crippen molar-refractivity contribution in [3.8, 4) is 0 Å². The van der Waals surface area contributed by atoms with Crippen molar-refractivity contribution < 1.29 is 19.8 Å². The van der Waals surface area contributed by atoms with Gasteiger partial charge in [-0.3, -0.25) is 0 Å². The maximum Gasteiger partial charge on any atom is 0.414 e. The fourth-order valence-electron chi connectivity index (χ4n) is 0.646. The first-order valence-corrected chi connectivity index (χ1v) is 3.81. The molecule has 1 atom stereocenters. The van der Waals surface area contributed by atoms with Crippen molar-refractivity contribution >= 4 is 24.0 Å². The van der Waals surface area contributed by atoms with Crippen LogP contribution in [0.4, 0.5) is 0 Å². The zero-order chi connectivity index (χ0) is 11.1. The average Bonchev–Trinajstić information content (AvgIpc) is 2.51. The van der Waals surface area contributed by atoms with Crippen LogP contribution in [0.15, 0.2) is 10.2 Å². The third-order valence-corrected chi connectivity index (χ3v) is 1.42. The maximum absolute atomic E-state index is 9.10. The number of rotatable bonds is 1. The van der Waals surface area contributed by atoms with Crippen LogP contribution in [0.1, 0.15) is 13.3 Å². The summed E-state index contributed by atoms with van der Waals surface area (Å²) in [6, 6.07) is 0. The predicted molar refractivity (Wildman–Crippen MR) is 49.2 cm³/mol. The minimum Gasteiger partial charge on any atom is -0.473 e. The van der Waals surface area contributed by atoms with Crippen LogP contribution in [-0.2, 0) is 9.59 Å². The summed E-state index contributed by atoms with van der Waals surface area (Å²) >= 11 is 0. The summed E-state index contributed by atoms with van der Waals surface area (Å²) in [5.41, 5.74) is 5.41. The highest BCUT2D eigenvalue weighted by atomic mass is 16.4. The molecule has 0 spiro atoms. The number of nitrogens with two attached hydrogens (primary N) is 1. The molecule has 0 aromatic carbocycles. The van der Waals surface area contributed by atoms with Crippen molar-refractivity contribution in [2.24, 2.45) is 21.9 Å². The highest BCUT2D eigenvalue weighted by molar-refractivity contribution is 6.27. The summed E-state index contributed by atoms with van der Waals surface area (Å²) in [5.74, 6) is -2.70. The van der Waals surface area contributed by atoms with Crippen molar-refractivity contribution in [3.63, 3.8) is 0 Å². The van der Waals surface area contributed by atoms with E-state index in [4.69, 9.17) is 25.5 Å². The minimum atomic E-state index is -1.82. The first kappa shape index (κ1) is 12.1. The number of hydrogen-bond donors (Lipinski definition) is 3. The van der Waals surface area contributed by atoms with Crippen molar-refractivity contribution in [1.82, 2.24) is 0 Å². The number of hydrogen-bond acceptors (Lipinski definition) is 5. The number of aliphatic carboxylic acids is 2. The van der Waals surface area contributed by atoms with Crippen LogP contribution in [0.2, 0.25) is 0 Å². The summed E-state index contributed by atoms with van der Waals surface area (Å²) in [4.78, 5) is 18.2. The van der Waals surface area contributed by atoms with Crippen LogP contribution in [0.5, 0.6) is 0 Å². The fraction of sp³-hybridized carbons (Fsp3) is 0.429. The predicted octanol–water partition coefficient (Wildman–Crippen LogP) is -0.475. The molecule has 4 N–H and O–H groups in total. The number of nitrogens with zero attached hydrogens (tertiary/aromatic N) is 2. The quantitative estimate of drug-likeness (QED) is 0.494. The van der Waals surface area contributed by atoms with Gasteiger partial charge in [-0.25, -0.2) is 9.59 Å². The third kappa shape index (κ3) is 4.19. The van der Waals surface area contributed by atoms with Crippen molar-refractivity contribution in [3.05, 3.63) is 0 Å². The molecule has 0 aromatic heterocycles. The average molecular weight is 201 g/mol. The molecule has 1 aliphatic rings. The zero-order valence-corrected chi connectivity index (χ0v) is 7.54. The monoisotopic (exact) mass is 201 g/mol. The van der Waals surface area contributed by atoms with E-state index in [9.17, 15) is 0 Å². The van der Waals surface area contributed by atoms with Crippen LogP contribution in [0.25, 0.3) is 0 Å². The summed E-state index contributed by atoms with van der Waals surface area (Å²) in [5, 5.41) is 22.1. The molecular formula is C7H11N3O4. The summed E-state index contributed by atoms with van der Waals surface area (Å²) < 4.78 is 0. The molecule has 1 unspecified atom stereocenters. The van der Waals surface area contributed by atoms with Gasteiger partial charge in [-0.05, 0) is 6.42 Å². The molecule has 0 saturated carbocycles. The molecule has 0 aliphatic carbocycles. The van der Waals surface area contributed by atoms with E-state index in [1.165, 1.54) is 0 Å². The largest absolute Gasteiger partial charge is 0.473 e. The molecule has 0 saturated heterocycles. The highest BCUT2D eigenvalue weighted by Gasteiger charge is 2.11. The Morgan fingerprint density at radius 3 is 2.14 bits per heavy atom. The van der Waals surface area contributed by atoms with Gasteiger partial charge < -0.3 is 15.9 Å². The molecule has 1 heterocycles. The Hall–Kier alpha value is -1.92. The Morgan fingerprint density at radius 2 is 2.00 bits per heavy atom. The maximum atomic E-state index is 9.10. The third-order valence-electron chi connectivity index (χ3n) is 1.42. The van der Waals surface area contributed by atoms with E-state index < -0.39 is 11.9 Å². The Kier molecular flexibility index (Phi) is 4.90. The number of amidine groups is 1. The van der Waals surface area contributed by atoms with Gasteiger partial charge in [0.1, 0.15) is 5.84 Å². The Balaban J connectivity index is 0.000000255. The number of carboxylic acid groups (broad SMARTS) is 2. The molecule has 7 heteroatoms. The van der Waals surface area contributed by atoms with E-state index in [-0.39, 0.29) is 0 Å². The minimum absolute atomic E-state index is 0.301. The van der Waals surface area contributed by atoms with E-state index in [0.29, 0.717) is 11.8 Å². The highest BCUT2D eigenvalue weighted by Crippen LogP contribution is 2.04. The van der Waals surface area contributed by atoms with Gasteiger partial charge >= 0.3 is 11.9 Å².